The van der Waals surface area contributed by atoms with Crippen LogP contribution in [-0.4, -0.2) is 36.7 Å². The van der Waals surface area contributed by atoms with Gasteiger partial charge in [-0.15, -0.1) is 11.3 Å². The average molecular weight is 353 g/mol. The van der Waals surface area contributed by atoms with Crippen LogP contribution in [0.4, 0.5) is 0 Å². The average Bonchev–Trinajstić information content (AvgIpc) is 3.08. The maximum Gasteiger partial charge on any atom is 0.191 e. The lowest BCUT2D eigenvalue weighted by Gasteiger charge is -2.22. The Hall–Kier alpha value is -1.14. The van der Waals surface area contributed by atoms with Crippen molar-refractivity contribution in [2.75, 3.05) is 19.7 Å². The van der Waals surface area contributed by atoms with Crippen molar-refractivity contribution in [2.24, 2.45) is 4.99 Å². The zero-order valence-electron chi connectivity index (χ0n) is 15.1. The summed E-state index contributed by atoms with van der Waals surface area (Å²) in [7, 11) is 0. The molecule has 1 heterocycles. The number of aryl methyl sites for hydroxylation is 1. The Balaban J connectivity index is 1.65. The highest BCUT2D eigenvalue weighted by atomic mass is 32.1. The van der Waals surface area contributed by atoms with E-state index in [1.165, 1.54) is 37.0 Å². The SMILES string of the molecule is CCNC(=NCc1ncc(CC)s1)NCCCOC1CCCCC1. The number of rotatable bonds is 9. The van der Waals surface area contributed by atoms with Gasteiger partial charge < -0.3 is 15.4 Å². The molecule has 5 nitrogen and oxygen atoms in total. The first-order valence-electron chi connectivity index (χ1n) is 9.39. The monoisotopic (exact) mass is 352 g/mol. The van der Waals surface area contributed by atoms with Crippen LogP contribution in [-0.2, 0) is 17.7 Å². The van der Waals surface area contributed by atoms with Crippen LogP contribution in [0.15, 0.2) is 11.2 Å². The molecule has 1 saturated carbocycles. The van der Waals surface area contributed by atoms with Crippen molar-refractivity contribution in [3.63, 3.8) is 0 Å². The molecule has 0 atom stereocenters. The van der Waals surface area contributed by atoms with Gasteiger partial charge in [-0.25, -0.2) is 9.98 Å². The predicted octanol–water partition coefficient (Wildman–Crippen LogP) is 3.50. The Morgan fingerprint density at radius 2 is 2.12 bits per heavy atom. The van der Waals surface area contributed by atoms with Crippen LogP contribution in [0.5, 0.6) is 0 Å². The van der Waals surface area contributed by atoms with E-state index >= 15 is 0 Å². The molecule has 1 aromatic rings. The number of ether oxygens (including phenoxy) is 1. The largest absolute Gasteiger partial charge is 0.378 e. The van der Waals surface area contributed by atoms with Crippen LogP contribution in [0.3, 0.4) is 0 Å². The molecule has 1 fully saturated rings. The van der Waals surface area contributed by atoms with Crippen LogP contribution < -0.4 is 10.6 Å². The van der Waals surface area contributed by atoms with E-state index in [4.69, 9.17) is 4.74 Å². The van der Waals surface area contributed by atoms with E-state index in [2.05, 4.69) is 34.5 Å². The molecule has 0 bridgehead atoms. The van der Waals surface area contributed by atoms with Gasteiger partial charge in [0.15, 0.2) is 5.96 Å². The molecule has 0 radical (unpaired) electrons. The highest BCUT2D eigenvalue weighted by Crippen LogP contribution is 2.20. The van der Waals surface area contributed by atoms with E-state index in [-0.39, 0.29) is 0 Å². The number of thiazole rings is 1. The minimum Gasteiger partial charge on any atom is -0.378 e. The molecule has 2 N–H and O–H groups in total. The minimum atomic E-state index is 0.498. The van der Waals surface area contributed by atoms with E-state index in [9.17, 15) is 0 Å². The molecule has 0 unspecified atom stereocenters. The molecule has 136 valence electrons. The Labute approximate surface area is 150 Å². The maximum atomic E-state index is 5.96. The Morgan fingerprint density at radius 1 is 1.29 bits per heavy atom. The molecule has 0 saturated heterocycles. The number of aromatic nitrogens is 1. The second kappa shape index (κ2) is 11.4. The van der Waals surface area contributed by atoms with Gasteiger partial charge in [-0.1, -0.05) is 26.2 Å². The van der Waals surface area contributed by atoms with E-state index in [0.717, 1.165) is 43.5 Å². The summed E-state index contributed by atoms with van der Waals surface area (Å²) in [4.78, 5) is 10.4. The van der Waals surface area contributed by atoms with Crippen molar-refractivity contribution >= 4 is 17.3 Å². The third-order valence-corrected chi connectivity index (χ3v) is 5.31. The van der Waals surface area contributed by atoms with Crippen molar-refractivity contribution in [1.82, 2.24) is 15.6 Å². The molecule has 1 aromatic heterocycles. The van der Waals surface area contributed by atoms with Crippen LogP contribution in [0, 0.1) is 0 Å². The van der Waals surface area contributed by atoms with Crippen LogP contribution in [0.1, 0.15) is 62.3 Å². The maximum absolute atomic E-state index is 5.96. The molecule has 0 aliphatic heterocycles. The highest BCUT2D eigenvalue weighted by Gasteiger charge is 2.12. The third kappa shape index (κ3) is 7.18. The van der Waals surface area contributed by atoms with Crippen molar-refractivity contribution in [3.05, 3.63) is 16.1 Å². The van der Waals surface area contributed by atoms with Crippen LogP contribution in [0.2, 0.25) is 0 Å². The molecular weight excluding hydrogens is 320 g/mol. The summed E-state index contributed by atoms with van der Waals surface area (Å²) in [6.07, 6.45) is 11.0. The molecule has 2 rings (SSSR count). The van der Waals surface area contributed by atoms with Gasteiger partial charge in [-0.2, -0.15) is 0 Å². The first-order chi connectivity index (χ1) is 11.8. The summed E-state index contributed by atoms with van der Waals surface area (Å²) in [6, 6.07) is 0. The fourth-order valence-electron chi connectivity index (χ4n) is 2.83. The van der Waals surface area contributed by atoms with E-state index in [1.54, 1.807) is 11.3 Å². The number of nitrogens with zero attached hydrogens (tertiary/aromatic N) is 2. The van der Waals surface area contributed by atoms with Crippen molar-refractivity contribution in [3.8, 4) is 0 Å². The highest BCUT2D eigenvalue weighted by molar-refractivity contribution is 7.11. The molecular formula is C18H32N4OS. The first-order valence-corrected chi connectivity index (χ1v) is 10.2. The van der Waals surface area contributed by atoms with Gasteiger partial charge in [0.05, 0.1) is 12.6 Å². The molecule has 6 heteroatoms. The molecule has 0 spiro atoms. The van der Waals surface area contributed by atoms with Crippen LogP contribution in [0.25, 0.3) is 0 Å². The minimum absolute atomic E-state index is 0.498. The number of hydrogen-bond acceptors (Lipinski definition) is 4. The summed E-state index contributed by atoms with van der Waals surface area (Å²) in [5.74, 6) is 0.864. The fourth-order valence-corrected chi connectivity index (χ4v) is 3.62. The normalized spacial score (nSPS) is 16.3. The summed E-state index contributed by atoms with van der Waals surface area (Å²) in [6.45, 7) is 7.46. The Bertz CT molecular complexity index is 483. The van der Waals surface area contributed by atoms with Crippen molar-refractivity contribution in [1.29, 1.82) is 0 Å². The van der Waals surface area contributed by atoms with E-state index in [1.807, 2.05) is 6.20 Å². The van der Waals surface area contributed by atoms with Gasteiger partial charge in [0, 0.05) is 30.8 Å². The van der Waals surface area contributed by atoms with E-state index in [0.29, 0.717) is 12.6 Å². The third-order valence-electron chi connectivity index (χ3n) is 4.19. The zero-order valence-corrected chi connectivity index (χ0v) is 16.0. The van der Waals surface area contributed by atoms with Crippen molar-refractivity contribution < 1.29 is 4.74 Å². The van der Waals surface area contributed by atoms with Gasteiger partial charge in [0.25, 0.3) is 0 Å². The second-order valence-electron chi connectivity index (χ2n) is 6.18. The van der Waals surface area contributed by atoms with Gasteiger partial charge >= 0.3 is 0 Å². The number of hydrogen-bond donors (Lipinski definition) is 2. The second-order valence-corrected chi connectivity index (χ2v) is 7.38. The van der Waals surface area contributed by atoms with Gasteiger partial charge in [-0.3, -0.25) is 0 Å². The Morgan fingerprint density at radius 3 is 2.83 bits per heavy atom. The van der Waals surface area contributed by atoms with Gasteiger partial charge in [0.1, 0.15) is 5.01 Å². The van der Waals surface area contributed by atoms with Gasteiger partial charge in [0.2, 0.25) is 0 Å². The van der Waals surface area contributed by atoms with Crippen molar-refractivity contribution in [2.45, 2.75) is 71.4 Å². The summed E-state index contributed by atoms with van der Waals surface area (Å²) < 4.78 is 5.96. The predicted molar refractivity (Wildman–Crippen MR) is 102 cm³/mol. The molecule has 0 aromatic carbocycles. The lowest BCUT2D eigenvalue weighted by molar-refractivity contribution is 0.0277. The fraction of sp³-hybridized carbons (Fsp3) is 0.778. The first kappa shape index (κ1) is 19.2. The van der Waals surface area contributed by atoms with E-state index < -0.39 is 0 Å². The molecule has 24 heavy (non-hydrogen) atoms. The number of aliphatic imine (C=N–C) groups is 1. The summed E-state index contributed by atoms with van der Waals surface area (Å²) >= 11 is 1.75. The standard InChI is InChI=1S/C18H32N4OS/c1-3-16-13-21-17(24-16)14-22-18(19-4-2)20-11-8-12-23-15-9-6-5-7-10-15/h13,15H,3-12,14H2,1-2H3,(H2,19,20,22). The quantitative estimate of drug-likeness (QED) is 0.406. The Kier molecular flexibility index (Phi) is 9.13. The summed E-state index contributed by atoms with van der Waals surface area (Å²) in [5, 5.41) is 7.75. The lowest BCUT2D eigenvalue weighted by Crippen LogP contribution is -2.38. The van der Waals surface area contributed by atoms with Gasteiger partial charge in [-0.05, 0) is 32.6 Å². The topological polar surface area (TPSA) is 58.5 Å². The zero-order chi connectivity index (χ0) is 17.0. The smallest absolute Gasteiger partial charge is 0.191 e. The lowest BCUT2D eigenvalue weighted by atomic mass is 9.98. The number of nitrogens with one attached hydrogen (secondary N) is 2. The molecule has 1 aliphatic carbocycles. The molecule has 1 aliphatic rings. The van der Waals surface area contributed by atoms with Crippen LogP contribution >= 0.6 is 11.3 Å². The molecule has 0 amide bonds. The number of guanidine groups is 1. The summed E-state index contributed by atoms with van der Waals surface area (Å²) in [5.41, 5.74) is 0.